The van der Waals surface area contributed by atoms with Gasteiger partial charge < -0.3 is 20.7 Å². The van der Waals surface area contributed by atoms with E-state index in [9.17, 15) is 4.79 Å². The van der Waals surface area contributed by atoms with Gasteiger partial charge in [0.15, 0.2) is 0 Å². The number of nitrogens with one attached hydrogen (secondary N) is 1. The minimum atomic E-state index is -0.725. The van der Waals surface area contributed by atoms with Gasteiger partial charge in [-0.2, -0.15) is 0 Å². The molecule has 22 heavy (non-hydrogen) atoms. The lowest BCUT2D eigenvalue weighted by molar-refractivity contribution is 0.0600. The van der Waals surface area contributed by atoms with E-state index in [-0.39, 0.29) is 0 Å². The average Bonchev–Trinajstić information content (AvgIpc) is 2.46. The zero-order chi connectivity index (χ0) is 16.6. The minimum Gasteiger partial charge on any atom is -0.444 e. The molecule has 0 atom stereocenters. The maximum atomic E-state index is 10.0. The maximum absolute atomic E-state index is 10.0. The molecule has 0 saturated carbocycles. The number of primary amides is 1. The lowest BCUT2D eigenvalue weighted by Crippen LogP contribution is -2.44. The van der Waals surface area contributed by atoms with Crippen LogP contribution in [0.15, 0.2) is 23.2 Å². The number of nitrogens with zero attached hydrogens (tertiary/aromatic N) is 2. The summed E-state index contributed by atoms with van der Waals surface area (Å²) in [4.78, 5) is 18.1. The Kier molecular flexibility index (Phi) is 7.47. The van der Waals surface area contributed by atoms with Crippen molar-refractivity contribution in [2.75, 3.05) is 37.3 Å². The van der Waals surface area contributed by atoms with Crippen LogP contribution >= 0.6 is 11.8 Å². The van der Waals surface area contributed by atoms with Crippen LogP contribution in [0.3, 0.4) is 0 Å². The van der Waals surface area contributed by atoms with E-state index in [1.165, 1.54) is 4.90 Å². The molecule has 1 aromatic heterocycles. The van der Waals surface area contributed by atoms with Gasteiger partial charge in [-0.3, -0.25) is 0 Å². The van der Waals surface area contributed by atoms with Crippen molar-refractivity contribution in [2.45, 2.75) is 31.3 Å². The largest absolute Gasteiger partial charge is 0.444 e. The number of pyridine rings is 1. The Morgan fingerprint density at radius 2 is 2.05 bits per heavy atom. The summed E-state index contributed by atoms with van der Waals surface area (Å²) in [5.41, 5.74) is 4.26. The van der Waals surface area contributed by atoms with E-state index in [4.69, 9.17) is 5.73 Å². The van der Waals surface area contributed by atoms with Gasteiger partial charge in [-0.15, -0.1) is 11.8 Å². The van der Waals surface area contributed by atoms with Gasteiger partial charge >= 0.3 is 6.09 Å². The van der Waals surface area contributed by atoms with Crippen LogP contribution in [-0.4, -0.2) is 49.1 Å². The number of nitrogens with two attached hydrogens (primary N) is 1. The number of rotatable bonds is 2. The highest BCUT2D eigenvalue weighted by Gasteiger charge is 2.14. The van der Waals surface area contributed by atoms with Crippen LogP contribution in [0.25, 0.3) is 0 Å². The fourth-order valence-corrected chi connectivity index (χ4v) is 2.54. The van der Waals surface area contributed by atoms with E-state index >= 15 is 0 Å². The quantitative estimate of drug-likeness (QED) is 0.810. The molecule has 0 spiro atoms. The van der Waals surface area contributed by atoms with Crippen LogP contribution in [0.4, 0.5) is 10.6 Å². The van der Waals surface area contributed by atoms with Gasteiger partial charge in [0.25, 0.3) is 0 Å². The molecule has 0 aliphatic carbocycles. The highest BCUT2D eigenvalue weighted by molar-refractivity contribution is 7.98. The molecule has 2 heterocycles. The predicted octanol–water partition coefficient (Wildman–Crippen LogP) is 2.09. The van der Waals surface area contributed by atoms with E-state index in [1.807, 2.05) is 12.3 Å². The number of piperazine rings is 1. The van der Waals surface area contributed by atoms with Crippen molar-refractivity contribution in [3.05, 3.63) is 18.3 Å². The Morgan fingerprint density at radius 1 is 1.41 bits per heavy atom. The highest BCUT2D eigenvalue weighted by atomic mass is 32.2. The summed E-state index contributed by atoms with van der Waals surface area (Å²) in [6, 6.07) is 4.13. The molecule has 1 amide bonds. The van der Waals surface area contributed by atoms with Crippen molar-refractivity contribution in [1.82, 2.24) is 10.3 Å². The van der Waals surface area contributed by atoms with E-state index in [0.717, 1.165) is 32.0 Å². The summed E-state index contributed by atoms with van der Waals surface area (Å²) in [5, 5.41) is 3.35. The third kappa shape index (κ3) is 7.00. The molecule has 2 rings (SSSR count). The molecule has 0 unspecified atom stereocenters. The van der Waals surface area contributed by atoms with Gasteiger partial charge in [0, 0.05) is 37.3 Å². The zero-order valence-corrected chi connectivity index (χ0v) is 14.6. The second-order valence-corrected chi connectivity index (χ2v) is 6.65. The Bertz CT molecular complexity index is 471. The van der Waals surface area contributed by atoms with E-state index in [0.29, 0.717) is 0 Å². The van der Waals surface area contributed by atoms with E-state index in [2.05, 4.69) is 32.3 Å². The number of carbonyl (C=O) groups excluding carboxylic acids is 1. The molecule has 3 N–H and O–H groups in total. The Hall–Kier alpha value is -1.47. The van der Waals surface area contributed by atoms with Gasteiger partial charge in [0.1, 0.15) is 11.4 Å². The summed E-state index contributed by atoms with van der Waals surface area (Å²) in [7, 11) is 0. The molecule has 0 aromatic carbocycles. The molecular weight excluding hydrogens is 300 g/mol. The summed E-state index contributed by atoms with van der Waals surface area (Å²) in [5.74, 6) is 1.14. The zero-order valence-electron chi connectivity index (χ0n) is 13.8. The Balaban J connectivity index is 0.000000261. The van der Waals surface area contributed by atoms with Crippen molar-refractivity contribution in [3.8, 4) is 0 Å². The number of anilines is 1. The van der Waals surface area contributed by atoms with Gasteiger partial charge in [0.2, 0.25) is 0 Å². The van der Waals surface area contributed by atoms with Crippen molar-refractivity contribution in [3.63, 3.8) is 0 Å². The monoisotopic (exact) mass is 326 g/mol. The van der Waals surface area contributed by atoms with Crippen LogP contribution in [0.1, 0.15) is 20.8 Å². The van der Waals surface area contributed by atoms with Crippen LogP contribution in [0.5, 0.6) is 0 Å². The van der Waals surface area contributed by atoms with Gasteiger partial charge in [-0.05, 0) is 39.2 Å². The second kappa shape index (κ2) is 8.85. The smallest absolute Gasteiger partial charge is 0.405 e. The molecule has 1 aromatic rings. The Morgan fingerprint density at radius 3 is 2.50 bits per heavy atom. The molecule has 7 heteroatoms. The van der Waals surface area contributed by atoms with Gasteiger partial charge in [-0.25, -0.2) is 9.78 Å². The number of aromatic nitrogens is 1. The third-order valence-corrected chi connectivity index (χ3v) is 3.55. The average molecular weight is 326 g/mol. The number of hydrogen-bond acceptors (Lipinski definition) is 6. The maximum Gasteiger partial charge on any atom is 0.405 e. The van der Waals surface area contributed by atoms with Crippen LogP contribution in [0.2, 0.25) is 0 Å². The topological polar surface area (TPSA) is 80.5 Å². The lowest BCUT2D eigenvalue weighted by atomic mass is 10.2. The molecule has 1 aliphatic rings. The Labute approximate surface area is 136 Å². The van der Waals surface area contributed by atoms with Gasteiger partial charge in [-0.1, -0.05) is 0 Å². The first kappa shape index (κ1) is 18.6. The SMILES string of the molecule is CC(C)(C)OC(N)=O.CSc1cccnc1N1CCNCC1. The van der Waals surface area contributed by atoms with Crippen LogP contribution in [0, 0.1) is 0 Å². The van der Waals surface area contributed by atoms with Crippen LogP contribution in [-0.2, 0) is 4.74 Å². The standard InChI is InChI=1S/C10H15N3S.C5H11NO2/c1-14-9-3-2-4-12-10(9)13-7-5-11-6-8-13;1-5(2,3)8-4(6)7/h2-4,11H,5-8H2,1H3;1-3H3,(H2,6,7). The fraction of sp³-hybridized carbons (Fsp3) is 0.600. The molecule has 1 saturated heterocycles. The van der Waals surface area contributed by atoms with Crippen LogP contribution < -0.4 is 16.0 Å². The molecule has 0 radical (unpaired) electrons. The van der Waals surface area contributed by atoms with E-state index < -0.39 is 11.7 Å². The fourth-order valence-electron chi connectivity index (χ4n) is 1.96. The van der Waals surface area contributed by atoms with Crippen molar-refractivity contribution in [1.29, 1.82) is 0 Å². The number of carbonyl (C=O) groups is 1. The van der Waals surface area contributed by atoms with Crippen molar-refractivity contribution >= 4 is 23.7 Å². The first-order valence-corrected chi connectivity index (χ1v) is 8.49. The summed E-state index contributed by atoms with van der Waals surface area (Å²) < 4.78 is 4.58. The molecule has 1 fully saturated rings. The van der Waals surface area contributed by atoms with Gasteiger partial charge in [0.05, 0.1) is 0 Å². The van der Waals surface area contributed by atoms with Crippen molar-refractivity contribution in [2.24, 2.45) is 5.73 Å². The molecular formula is C15H26N4O2S. The number of thioether (sulfide) groups is 1. The highest BCUT2D eigenvalue weighted by Crippen LogP contribution is 2.25. The number of hydrogen-bond donors (Lipinski definition) is 2. The second-order valence-electron chi connectivity index (χ2n) is 5.80. The van der Waals surface area contributed by atoms with E-state index in [1.54, 1.807) is 32.5 Å². The number of amides is 1. The molecule has 0 bridgehead atoms. The first-order chi connectivity index (χ1) is 10.3. The minimum absolute atomic E-state index is 0.453. The van der Waals surface area contributed by atoms with Crippen molar-refractivity contribution < 1.29 is 9.53 Å². The summed E-state index contributed by atoms with van der Waals surface area (Å²) >= 11 is 1.76. The normalized spacial score (nSPS) is 14.8. The molecule has 124 valence electrons. The summed E-state index contributed by atoms with van der Waals surface area (Å²) in [6.45, 7) is 9.53. The lowest BCUT2D eigenvalue weighted by Gasteiger charge is -2.29. The molecule has 1 aliphatic heterocycles. The predicted molar refractivity (Wildman–Crippen MR) is 91.5 cm³/mol. The first-order valence-electron chi connectivity index (χ1n) is 7.26. The molecule has 6 nitrogen and oxygen atoms in total. The summed E-state index contributed by atoms with van der Waals surface area (Å²) in [6.07, 6.45) is 3.25. The number of ether oxygens (including phenoxy) is 1. The third-order valence-electron chi connectivity index (χ3n) is 2.79.